The van der Waals surface area contributed by atoms with Gasteiger partial charge in [0, 0.05) is 4.88 Å². The summed E-state index contributed by atoms with van der Waals surface area (Å²) >= 11 is 3.40. The first-order chi connectivity index (χ1) is 7.67. The van der Waals surface area contributed by atoms with Crippen LogP contribution in [0.4, 0.5) is 5.82 Å². The molecule has 0 saturated heterocycles. The van der Waals surface area contributed by atoms with E-state index < -0.39 is 0 Å². The van der Waals surface area contributed by atoms with Gasteiger partial charge < -0.3 is 5.43 Å². The Morgan fingerprint density at radius 2 is 2.12 bits per heavy atom. The summed E-state index contributed by atoms with van der Waals surface area (Å²) in [4.78, 5) is 11.2. The maximum absolute atomic E-state index is 5.52. The van der Waals surface area contributed by atoms with Crippen LogP contribution >= 0.6 is 23.1 Å². The first-order valence-electron chi connectivity index (χ1n) is 4.89. The summed E-state index contributed by atoms with van der Waals surface area (Å²) in [5.74, 6) is 7.88. The van der Waals surface area contributed by atoms with Crippen LogP contribution in [-0.2, 0) is 5.75 Å². The van der Waals surface area contributed by atoms with E-state index in [1.165, 1.54) is 10.4 Å². The summed E-state index contributed by atoms with van der Waals surface area (Å²) in [6.07, 6.45) is 2.04. The Kier molecular flexibility index (Phi) is 3.32. The van der Waals surface area contributed by atoms with Crippen molar-refractivity contribution in [2.75, 3.05) is 11.7 Å². The molecule has 2 aromatic rings. The Morgan fingerprint density at radius 3 is 2.75 bits per heavy atom. The lowest BCUT2D eigenvalue weighted by atomic mass is 10.2. The quantitative estimate of drug-likeness (QED) is 0.650. The molecule has 0 aliphatic rings. The van der Waals surface area contributed by atoms with Gasteiger partial charge in [0.15, 0.2) is 5.82 Å². The third kappa shape index (κ3) is 1.88. The molecule has 2 heterocycles. The molecule has 3 N–H and O–H groups in total. The molecule has 4 nitrogen and oxygen atoms in total. The molecule has 0 aliphatic heterocycles. The summed E-state index contributed by atoms with van der Waals surface area (Å²) in [7, 11) is 0. The van der Waals surface area contributed by atoms with E-state index in [1.807, 2.05) is 6.26 Å². The molecule has 0 bridgehead atoms. The van der Waals surface area contributed by atoms with Gasteiger partial charge in [-0.25, -0.2) is 15.8 Å². The molecule has 6 heteroatoms. The lowest BCUT2D eigenvalue weighted by Crippen LogP contribution is -2.10. The van der Waals surface area contributed by atoms with Gasteiger partial charge in [-0.15, -0.1) is 11.3 Å². The molecule has 86 valence electrons. The average Bonchev–Trinajstić information content (AvgIpc) is 2.54. The predicted molar refractivity (Wildman–Crippen MR) is 71.9 cm³/mol. The Morgan fingerprint density at radius 1 is 1.38 bits per heavy atom. The zero-order valence-electron chi connectivity index (χ0n) is 9.50. The van der Waals surface area contributed by atoms with Gasteiger partial charge in [0.2, 0.25) is 0 Å². The molecule has 0 aromatic carbocycles. The second-order valence-corrected chi connectivity index (χ2v) is 5.60. The van der Waals surface area contributed by atoms with Gasteiger partial charge in [0.1, 0.15) is 10.7 Å². The number of nitrogens with two attached hydrogens (primary N) is 1. The maximum Gasteiger partial charge on any atom is 0.152 e. The van der Waals surface area contributed by atoms with E-state index in [0.29, 0.717) is 0 Å². The monoisotopic (exact) mass is 254 g/mol. The van der Waals surface area contributed by atoms with Crippen LogP contribution in [0.3, 0.4) is 0 Å². The normalized spacial score (nSPS) is 11.0. The molecule has 0 radical (unpaired) electrons. The first-order valence-corrected chi connectivity index (χ1v) is 7.10. The Hall–Kier alpha value is -0.850. The number of hydrazine groups is 1. The Bertz CT molecular complexity index is 521. The zero-order chi connectivity index (χ0) is 11.7. The van der Waals surface area contributed by atoms with E-state index in [-0.39, 0.29) is 0 Å². The second-order valence-electron chi connectivity index (χ2n) is 3.53. The summed E-state index contributed by atoms with van der Waals surface area (Å²) < 4.78 is 0. The largest absolute Gasteiger partial charge is 0.308 e. The average molecular weight is 254 g/mol. The molecule has 16 heavy (non-hydrogen) atoms. The molecule has 0 aliphatic carbocycles. The van der Waals surface area contributed by atoms with Crippen LogP contribution in [-0.4, -0.2) is 16.2 Å². The van der Waals surface area contributed by atoms with Gasteiger partial charge in [-0.3, -0.25) is 0 Å². The SMILES string of the molecule is CSCc1nc(NN)c2c(C)c(C)sc2n1. The fraction of sp³-hybridized carbons (Fsp3) is 0.400. The highest BCUT2D eigenvalue weighted by Gasteiger charge is 2.13. The number of thiophene rings is 1. The van der Waals surface area contributed by atoms with Crippen molar-refractivity contribution in [1.29, 1.82) is 0 Å². The number of nitrogens with one attached hydrogen (secondary N) is 1. The standard InChI is InChI=1S/C10H14N4S2/c1-5-6(2)16-10-8(5)9(14-11)12-7(13-10)4-15-3/h4,11H2,1-3H3,(H,12,13,14). The van der Waals surface area contributed by atoms with Crippen LogP contribution in [0, 0.1) is 13.8 Å². The van der Waals surface area contributed by atoms with Crippen molar-refractivity contribution in [2.45, 2.75) is 19.6 Å². The van der Waals surface area contributed by atoms with E-state index in [1.54, 1.807) is 23.1 Å². The fourth-order valence-electron chi connectivity index (χ4n) is 1.59. The minimum absolute atomic E-state index is 0.732. The summed E-state index contributed by atoms with van der Waals surface area (Å²) in [5, 5.41) is 1.05. The molecule has 0 unspecified atom stereocenters. The van der Waals surface area contributed by atoms with Crippen LogP contribution in [0.2, 0.25) is 0 Å². The Labute approximate surface area is 103 Å². The van der Waals surface area contributed by atoms with E-state index in [0.717, 1.165) is 27.6 Å². The van der Waals surface area contributed by atoms with Crippen LogP contribution in [0.25, 0.3) is 10.2 Å². The van der Waals surface area contributed by atoms with E-state index in [2.05, 4.69) is 29.2 Å². The van der Waals surface area contributed by atoms with Crippen molar-refractivity contribution >= 4 is 39.1 Å². The van der Waals surface area contributed by atoms with Crippen molar-refractivity contribution in [1.82, 2.24) is 9.97 Å². The smallest absolute Gasteiger partial charge is 0.152 e. The molecule has 0 spiro atoms. The van der Waals surface area contributed by atoms with Gasteiger partial charge in [0.05, 0.1) is 11.1 Å². The van der Waals surface area contributed by atoms with Crippen molar-refractivity contribution in [3.63, 3.8) is 0 Å². The topological polar surface area (TPSA) is 63.8 Å². The lowest BCUT2D eigenvalue weighted by Gasteiger charge is -2.04. The molecule has 2 aromatic heterocycles. The molecule has 2 rings (SSSR count). The highest BCUT2D eigenvalue weighted by Crippen LogP contribution is 2.33. The molecule has 0 fully saturated rings. The molecular formula is C10H14N4S2. The number of rotatable bonds is 3. The van der Waals surface area contributed by atoms with E-state index in [4.69, 9.17) is 5.84 Å². The number of nitrogen functional groups attached to an aromatic ring is 1. The van der Waals surface area contributed by atoms with Crippen LogP contribution in [0.1, 0.15) is 16.3 Å². The molecule has 0 atom stereocenters. The number of nitrogens with zero attached hydrogens (tertiary/aromatic N) is 2. The van der Waals surface area contributed by atoms with Crippen LogP contribution < -0.4 is 11.3 Å². The number of aromatic nitrogens is 2. The van der Waals surface area contributed by atoms with Gasteiger partial charge in [0.25, 0.3) is 0 Å². The lowest BCUT2D eigenvalue weighted by molar-refractivity contribution is 1.07. The zero-order valence-corrected chi connectivity index (χ0v) is 11.1. The summed E-state index contributed by atoms with van der Waals surface area (Å²) in [6, 6.07) is 0. The minimum atomic E-state index is 0.732. The molecule has 0 amide bonds. The summed E-state index contributed by atoms with van der Waals surface area (Å²) in [6.45, 7) is 4.17. The van der Waals surface area contributed by atoms with Crippen LogP contribution in [0.5, 0.6) is 0 Å². The fourth-order valence-corrected chi connectivity index (χ4v) is 3.03. The Balaban J connectivity index is 2.68. The van der Waals surface area contributed by atoms with E-state index >= 15 is 0 Å². The van der Waals surface area contributed by atoms with Crippen LogP contribution in [0.15, 0.2) is 0 Å². The highest BCUT2D eigenvalue weighted by molar-refractivity contribution is 7.97. The van der Waals surface area contributed by atoms with Gasteiger partial charge in [-0.05, 0) is 25.7 Å². The van der Waals surface area contributed by atoms with Gasteiger partial charge in [-0.1, -0.05) is 0 Å². The number of hydrogen-bond acceptors (Lipinski definition) is 6. The predicted octanol–water partition coefficient (Wildman–Crippen LogP) is 2.46. The number of anilines is 1. The summed E-state index contributed by atoms with van der Waals surface area (Å²) in [5.41, 5.74) is 3.88. The first kappa shape index (κ1) is 11.6. The van der Waals surface area contributed by atoms with Crippen molar-refractivity contribution in [2.24, 2.45) is 5.84 Å². The minimum Gasteiger partial charge on any atom is -0.308 e. The van der Waals surface area contributed by atoms with E-state index in [9.17, 15) is 0 Å². The molecular weight excluding hydrogens is 240 g/mol. The molecule has 0 saturated carbocycles. The van der Waals surface area contributed by atoms with Crippen molar-refractivity contribution < 1.29 is 0 Å². The highest BCUT2D eigenvalue weighted by atomic mass is 32.2. The van der Waals surface area contributed by atoms with Gasteiger partial charge >= 0.3 is 0 Å². The number of hydrogen-bond donors (Lipinski definition) is 2. The maximum atomic E-state index is 5.52. The van der Waals surface area contributed by atoms with Crippen molar-refractivity contribution in [3.8, 4) is 0 Å². The number of fused-ring (bicyclic) bond motifs is 1. The second kappa shape index (κ2) is 4.57. The third-order valence-corrected chi connectivity index (χ3v) is 4.13. The number of thioether (sulfide) groups is 1. The van der Waals surface area contributed by atoms with Crippen molar-refractivity contribution in [3.05, 3.63) is 16.3 Å². The third-order valence-electron chi connectivity index (χ3n) is 2.49. The number of aryl methyl sites for hydroxylation is 2. The van der Waals surface area contributed by atoms with Gasteiger partial charge in [-0.2, -0.15) is 11.8 Å².